The molecule has 0 N–H and O–H groups in total. The summed E-state index contributed by atoms with van der Waals surface area (Å²) in [4.78, 5) is 7.24. The van der Waals surface area contributed by atoms with Gasteiger partial charge in [0, 0.05) is 13.1 Å². The van der Waals surface area contributed by atoms with Gasteiger partial charge in [0.05, 0.1) is 11.8 Å². The molecule has 0 aromatic heterocycles. The first kappa shape index (κ1) is 11.1. The average molecular weight is 218 g/mol. The summed E-state index contributed by atoms with van der Waals surface area (Å²) in [5, 5.41) is 4.01. The summed E-state index contributed by atoms with van der Waals surface area (Å²) < 4.78 is 0. The first-order valence-corrected chi connectivity index (χ1v) is 5.67. The topological polar surface area (TPSA) is 24.8 Å². The van der Waals surface area contributed by atoms with E-state index in [2.05, 4.69) is 40.4 Å². The molecule has 1 atom stereocenters. The number of benzene rings is 1. The van der Waals surface area contributed by atoms with Gasteiger partial charge in [0.1, 0.15) is 7.11 Å². The number of hydrogen-bond acceptors (Lipinski definition) is 3. The van der Waals surface area contributed by atoms with Gasteiger partial charge in [-0.05, 0) is 18.9 Å². The molecule has 86 valence electrons. The highest BCUT2D eigenvalue weighted by Gasteiger charge is 2.30. The van der Waals surface area contributed by atoms with Crippen LogP contribution in [0.5, 0.6) is 0 Å². The molecule has 3 heteroatoms. The fourth-order valence-electron chi connectivity index (χ4n) is 2.13. The smallest absolute Gasteiger partial charge is 0.106 e. The van der Waals surface area contributed by atoms with Gasteiger partial charge in [0.2, 0.25) is 0 Å². The highest BCUT2D eigenvalue weighted by atomic mass is 16.6. The van der Waals surface area contributed by atoms with Crippen molar-refractivity contribution < 1.29 is 4.84 Å². The second-order valence-electron chi connectivity index (χ2n) is 4.18. The summed E-state index contributed by atoms with van der Waals surface area (Å²) in [6.07, 6.45) is 1.19. The Bertz CT molecular complexity index is 361. The molecule has 16 heavy (non-hydrogen) atoms. The first-order valence-electron chi connectivity index (χ1n) is 5.67. The van der Waals surface area contributed by atoms with E-state index in [1.54, 1.807) is 7.11 Å². The maximum absolute atomic E-state index is 4.82. The van der Waals surface area contributed by atoms with Crippen molar-refractivity contribution >= 4 is 5.71 Å². The SMILES string of the molecule is CON=C(C)C1CCN1Cc1ccccc1. The van der Waals surface area contributed by atoms with Crippen LogP contribution in [0.3, 0.4) is 0 Å². The van der Waals surface area contributed by atoms with Gasteiger partial charge in [-0.25, -0.2) is 0 Å². The first-order chi connectivity index (χ1) is 7.81. The Morgan fingerprint density at radius 1 is 1.44 bits per heavy atom. The molecule has 1 aromatic rings. The average Bonchev–Trinajstić information content (AvgIpc) is 2.26. The molecule has 1 aliphatic rings. The Morgan fingerprint density at radius 2 is 2.19 bits per heavy atom. The minimum atomic E-state index is 0.458. The van der Waals surface area contributed by atoms with E-state index in [9.17, 15) is 0 Å². The van der Waals surface area contributed by atoms with E-state index in [0.717, 1.165) is 18.8 Å². The van der Waals surface area contributed by atoms with Crippen LogP contribution in [-0.4, -0.2) is 30.3 Å². The van der Waals surface area contributed by atoms with Crippen LogP contribution in [0.1, 0.15) is 18.9 Å². The van der Waals surface area contributed by atoms with Gasteiger partial charge in [-0.3, -0.25) is 4.90 Å². The molecule has 0 bridgehead atoms. The molecular weight excluding hydrogens is 200 g/mol. The van der Waals surface area contributed by atoms with E-state index in [-0.39, 0.29) is 0 Å². The Labute approximate surface area is 96.7 Å². The fraction of sp³-hybridized carbons (Fsp3) is 0.462. The van der Waals surface area contributed by atoms with Gasteiger partial charge in [-0.2, -0.15) is 0 Å². The molecule has 3 nitrogen and oxygen atoms in total. The lowest BCUT2D eigenvalue weighted by Crippen LogP contribution is -2.50. The fourth-order valence-corrected chi connectivity index (χ4v) is 2.13. The molecule has 1 aromatic carbocycles. The maximum atomic E-state index is 4.82. The highest BCUT2D eigenvalue weighted by molar-refractivity contribution is 5.87. The van der Waals surface area contributed by atoms with Crippen LogP contribution < -0.4 is 0 Å². The van der Waals surface area contributed by atoms with E-state index >= 15 is 0 Å². The van der Waals surface area contributed by atoms with Crippen molar-refractivity contribution in [3.63, 3.8) is 0 Å². The predicted molar refractivity (Wildman–Crippen MR) is 65.4 cm³/mol. The van der Waals surface area contributed by atoms with Crippen LogP contribution in [0.4, 0.5) is 0 Å². The van der Waals surface area contributed by atoms with Crippen molar-refractivity contribution in [1.29, 1.82) is 0 Å². The van der Waals surface area contributed by atoms with Gasteiger partial charge in [0.15, 0.2) is 0 Å². The molecular formula is C13H18N2O. The molecule has 0 amide bonds. The van der Waals surface area contributed by atoms with Crippen LogP contribution in [-0.2, 0) is 11.4 Å². The van der Waals surface area contributed by atoms with Crippen molar-refractivity contribution in [2.75, 3.05) is 13.7 Å². The molecule has 1 saturated heterocycles. The summed E-state index contributed by atoms with van der Waals surface area (Å²) in [7, 11) is 1.60. The summed E-state index contributed by atoms with van der Waals surface area (Å²) in [5.74, 6) is 0. The zero-order chi connectivity index (χ0) is 11.4. The number of likely N-dealkylation sites (tertiary alicyclic amines) is 1. The van der Waals surface area contributed by atoms with Crippen LogP contribution in [0.25, 0.3) is 0 Å². The predicted octanol–water partition coefficient (Wildman–Crippen LogP) is 2.28. The molecule has 1 fully saturated rings. The molecule has 0 aliphatic carbocycles. The summed E-state index contributed by atoms with van der Waals surface area (Å²) in [6, 6.07) is 11.0. The summed E-state index contributed by atoms with van der Waals surface area (Å²) in [5.41, 5.74) is 2.43. The highest BCUT2D eigenvalue weighted by Crippen LogP contribution is 2.21. The van der Waals surface area contributed by atoms with Gasteiger partial charge < -0.3 is 4.84 Å². The summed E-state index contributed by atoms with van der Waals surface area (Å²) in [6.45, 7) is 4.18. The van der Waals surface area contributed by atoms with E-state index < -0.39 is 0 Å². The Morgan fingerprint density at radius 3 is 2.75 bits per heavy atom. The number of oxime groups is 1. The Kier molecular flexibility index (Phi) is 3.57. The number of hydrogen-bond donors (Lipinski definition) is 0. The zero-order valence-corrected chi connectivity index (χ0v) is 9.89. The van der Waals surface area contributed by atoms with Crippen molar-refractivity contribution in [1.82, 2.24) is 4.90 Å². The van der Waals surface area contributed by atoms with E-state index in [4.69, 9.17) is 4.84 Å². The largest absolute Gasteiger partial charge is 0.399 e. The Hall–Kier alpha value is -1.35. The van der Waals surface area contributed by atoms with Crippen LogP contribution >= 0.6 is 0 Å². The van der Waals surface area contributed by atoms with E-state index in [1.807, 2.05) is 6.92 Å². The lowest BCUT2D eigenvalue weighted by atomic mass is 9.98. The van der Waals surface area contributed by atoms with Crippen LogP contribution in [0.2, 0.25) is 0 Å². The standard InChI is InChI=1S/C13H18N2O/c1-11(14-16-2)13-8-9-15(13)10-12-6-4-3-5-7-12/h3-7,13H,8-10H2,1-2H3. The van der Waals surface area contributed by atoms with Crippen LogP contribution in [0.15, 0.2) is 35.5 Å². The maximum Gasteiger partial charge on any atom is 0.106 e. The van der Waals surface area contributed by atoms with Crippen molar-refractivity contribution in [3.05, 3.63) is 35.9 Å². The third-order valence-electron chi connectivity index (χ3n) is 3.08. The molecule has 1 heterocycles. The zero-order valence-electron chi connectivity index (χ0n) is 9.89. The van der Waals surface area contributed by atoms with Crippen molar-refractivity contribution in [3.8, 4) is 0 Å². The van der Waals surface area contributed by atoms with Gasteiger partial charge in [0.25, 0.3) is 0 Å². The molecule has 2 rings (SSSR count). The normalized spacial score (nSPS) is 21.6. The van der Waals surface area contributed by atoms with Crippen LogP contribution in [0, 0.1) is 0 Å². The molecule has 1 unspecified atom stereocenters. The molecule has 0 spiro atoms. The lowest BCUT2D eigenvalue weighted by Gasteiger charge is -2.40. The van der Waals surface area contributed by atoms with Gasteiger partial charge in [-0.15, -0.1) is 0 Å². The number of nitrogens with zero attached hydrogens (tertiary/aromatic N) is 2. The minimum Gasteiger partial charge on any atom is -0.399 e. The minimum absolute atomic E-state index is 0.458. The lowest BCUT2D eigenvalue weighted by molar-refractivity contribution is 0.123. The van der Waals surface area contributed by atoms with Gasteiger partial charge in [-0.1, -0.05) is 35.5 Å². The second-order valence-corrected chi connectivity index (χ2v) is 4.18. The molecule has 1 aliphatic heterocycles. The quantitative estimate of drug-likeness (QED) is 0.572. The third-order valence-corrected chi connectivity index (χ3v) is 3.08. The third kappa shape index (κ3) is 2.42. The van der Waals surface area contributed by atoms with E-state index in [0.29, 0.717) is 6.04 Å². The Balaban J connectivity index is 1.95. The van der Waals surface area contributed by atoms with Gasteiger partial charge >= 0.3 is 0 Å². The molecule has 0 saturated carbocycles. The van der Waals surface area contributed by atoms with Crippen molar-refractivity contribution in [2.24, 2.45) is 5.16 Å². The van der Waals surface area contributed by atoms with Crippen molar-refractivity contribution in [2.45, 2.75) is 25.9 Å². The summed E-state index contributed by atoms with van der Waals surface area (Å²) >= 11 is 0. The number of rotatable bonds is 4. The molecule has 0 radical (unpaired) electrons. The monoisotopic (exact) mass is 218 g/mol. The van der Waals surface area contributed by atoms with E-state index in [1.165, 1.54) is 12.0 Å². The second kappa shape index (κ2) is 5.12.